The third-order valence-electron chi connectivity index (χ3n) is 8.21. The number of hydrogen-bond acceptors (Lipinski definition) is 4. The van der Waals surface area contributed by atoms with Crippen molar-refractivity contribution in [1.82, 2.24) is 15.5 Å². The molecule has 0 aromatic heterocycles. The first-order chi connectivity index (χ1) is 21.2. The molecule has 1 aliphatic carbocycles. The van der Waals surface area contributed by atoms with Crippen molar-refractivity contribution in [2.24, 2.45) is 0 Å². The summed E-state index contributed by atoms with van der Waals surface area (Å²) in [6, 6.07) is 15.8. The summed E-state index contributed by atoms with van der Waals surface area (Å²) in [5.41, 5.74) is 4.29. The third-order valence-corrected chi connectivity index (χ3v) is 8.21. The van der Waals surface area contributed by atoms with Crippen LogP contribution >= 0.6 is 0 Å². The Labute approximate surface area is 259 Å². The summed E-state index contributed by atoms with van der Waals surface area (Å²) < 4.78 is 28.2. The summed E-state index contributed by atoms with van der Waals surface area (Å²) in [6.45, 7) is 7.28. The lowest BCUT2D eigenvalue weighted by Crippen LogP contribution is -2.49. The minimum atomic E-state index is -1.06. The fourth-order valence-corrected chi connectivity index (χ4v) is 6.13. The number of benzene rings is 3. The van der Waals surface area contributed by atoms with Gasteiger partial charge in [-0.25, -0.2) is 8.78 Å². The molecule has 0 spiro atoms. The van der Waals surface area contributed by atoms with Crippen molar-refractivity contribution in [3.05, 3.63) is 106 Å². The van der Waals surface area contributed by atoms with E-state index in [-0.39, 0.29) is 30.5 Å². The van der Waals surface area contributed by atoms with E-state index in [0.717, 1.165) is 50.2 Å². The number of aryl methyl sites for hydroxylation is 2. The second kappa shape index (κ2) is 15.9. The van der Waals surface area contributed by atoms with Crippen LogP contribution in [-0.4, -0.2) is 53.6 Å². The number of amides is 2. The van der Waals surface area contributed by atoms with Crippen molar-refractivity contribution in [1.29, 1.82) is 0 Å². The van der Waals surface area contributed by atoms with Gasteiger partial charge < -0.3 is 20.6 Å². The highest BCUT2D eigenvalue weighted by Crippen LogP contribution is 2.28. The highest BCUT2D eigenvalue weighted by molar-refractivity contribution is 6.00. The molecule has 3 aromatic rings. The van der Waals surface area contributed by atoms with E-state index in [1.165, 1.54) is 23.3 Å². The van der Waals surface area contributed by atoms with Gasteiger partial charge in [-0.2, -0.15) is 0 Å². The van der Waals surface area contributed by atoms with Crippen molar-refractivity contribution in [3.8, 4) is 0 Å². The zero-order valence-corrected chi connectivity index (χ0v) is 26.0. The maximum Gasteiger partial charge on any atom is 0.253 e. The molecule has 6 nitrogen and oxygen atoms in total. The lowest BCUT2D eigenvalue weighted by molar-refractivity contribution is 0.0755. The fraction of sp³-hybridized carbons (Fsp3) is 0.444. The van der Waals surface area contributed by atoms with Crippen molar-refractivity contribution in [3.63, 3.8) is 0 Å². The van der Waals surface area contributed by atoms with Gasteiger partial charge in [-0.15, -0.1) is 0 Å². The van der Waals surface area contributed by atoms with Gasteiger partial charge >= 0.3 is 0 Å². The molecule has 0 heterocycles. The Balaban J connectivity index is 1.56. The molecule has 3 aromatic carbocycles. The van der Waals surface area contributed by atoms with Gasteiger partial charge in [-0.05, 0) is 98.0 Å². The van der Waals surface area contributed by atoms with Gasteiger partial charge in [-0.3, -0.25) is 9.59 Å². The molecule has 44 heavy (non-hydrogen) atoms. The average Bonchev–Trinajstić information content (AvgIpc) is 3.20. The first-order valence-corrected chi connectivity index (χ1v) is 15.8. The van der Waals surface area contributed by atoms with Gasteiger partial charge in [0.1, 0.15) is 11.6 Å². The van der Waals surface area contributed by atoms with Gasteiger partial charge in [0.25, 0.3) is 11.8 Å². The summed E-state index contributed by atoms with van der Waals surface area (Å²) in [4.78, 5) is 28.7. The zero-order valence-electron chi connectivity index (χ0n) is 26.0. The molecule has 0 aliphatic heterocycles. The second-order valence-corrected chi connectivity index (χ2v) is 11.9. The van der Waals surface area contributed by atoms with E-state index in [4.69, 9.17) is 0 Å². The van der Waals surface area contributed by atoms with E-state index >= 15 is 0 Å². The number of fused-ring (bicyclic) bond motifs is 1. The van der Waals surface area contributed by atoms with Crippen molar-refractivity contribution < 1.29 is 23.5 Å². The van der Waals surface area contributed by atoms with Gasteiger partial charge in [-0.1, -0.05) is 44.5 Å². The Morgan fingerprint density at radius 3 is 2.34 bits per heavy atom. The number of hydrogen-bond donors (Lipinski definition) is 3. The smallest absolute Gasteiger partial charge is 0.253 e. The monoisotopic (exact) mass is 605 g/mol. The van der Waals surface area contributed by atoms with E-state index in [9.17, 15) is 23.5 Å². The summed E-state index contributed by atoms with van der Waals surface area (Å²) in [5.74, 6) is -2.05. The average molecular weight is 606 g/mol. The summed E-state index contributed by atoms with van der Waals surface area (Å²) in [7, 11) is 0. The number of aliphatic hydroxyl groups excluding tert-OH is 1. The molecule has 0 bridgehead atoms. The van der Waals surface area contributed by atoms with E-state index in [0.29, 0.717) is 24.2 Å². The number of rotatable bonds is 13. The summed E-state index contributed by atoms with van der Waals surface area (Å²) in [5, 5.41) is 17.8. The largest absolute Gasteiger partial charge is 0.390 e. The number of nitrogens with zero attached hydrogens (tertiary/aromatic N) is 1. The minimum absolute atomic E-state index is 0.0168. The molecule has 3 atom stereocenters. The Morgan fingerprint density at radius 2 is 1.64 bits per heavy atom. The van der Waals surface area contributed by atoms with Gasteiger partial charge in [0.15, 0.2) is 0 Å². The van der Waals surface area contributed by atoms with Crippen molar-refractivity contribution >= 4 is 11.8 Å². The van der Waals surface area contributed by atoms with Crippen LogP contribution in [0.15, 0.2) is 60.7 Å². The topological polar surface area (TPSA) is 81.7 Å². The van der Waals surface area contributed by atoms with Crippen LogP contribution in [0.3, 0.4) is 0 Å². The molecule has 1 aliphatic rings. The van der Waals surface area contributed by atoms with Crippen LogP contribution in [0, 0.1) is 18.6 Å². The van der Waals surface area contributed by atoms with Crippen molar-refractivity contribution in [2.45, 2.75) is 83.9 Å². The Bertz CT molecular complexity index is 1400. The first-order valence-electron chi connectivity index (χ1n) is 15.8. The highest BCUT2D eigenvalue weighted by atomic mass is 19.1. The zero-order chi connectivity index (χ0) is 31.6. The molecule has 3 N–H and O–H groups in total. The van der Waals surface area contributed by atoms with Crippen LogP contribution in [0.25, 0.3) is 0 Å². The second-order valence-electron chi connectivity index (χ2n) is 11.9. The number of halogens is 2. The van der Waals surface area contributed by atoms with Crippen LogP contribution in [0.1, 0.15) is 95.0 Å². The fourth-order valence-electron chi connectivity index (χ4n) is 6.13. The predicted octanol–water partition coefficient (Wildman–Crippen LogP) is 6.29. The van der Waals surface area contributed by atoms with Crippen molar-refractivity contribution in [2.75, 3.05) is 19.6 Å². The van der Waals surface area contributed by atoms with E-state index in [1.807, 2.05) is 32.9 Å². The first kappa shape index (κ1) is 33.3. The maximum atomic E-state index is 14.1. The van der Waals surface area contributed by atoms with E-state index in [1.54, 1.807) is 23.1 Å². The Hall–Kier alpha value is -3.62. The van der Waals surface area contributed by atoms with Gasteiger partial charge in [0.05, 0.1) is 12.1 Å². The molecule has 0 saturated heterocycles. The Morgan fingerprint density at radius 1 is 0.955 bits per heavy atom. The standard InChI is InChI=1S/C36H45F2N3O3/c1-4-14-41(15-5-2)36(44)28-17-24(3)16-27(21-28)35(43)40-33(20-25-18-29(37)22-30(38)19-25)34(42)23-39-32-13-9-7-11-26-10-6-8-12-31(26)32/h6,8,10,12,16-19,21-22,32-34,39,42H,4-5,7,9,11,13-15,20,23H2,1-3H3,(H,40,43)/t32?,33-,34+/m0/s1. The number of carbonyl (C=O) groups is 2. The molecule has 0 radical (unpaired) electrons. The lowest BCUT2D eigenvalue weighted by atomic mass is 9.97. The van der Waals surface area contributed by atoms with Crippen LogP contribution in [0.4, 0.5) is 8.78 Å². The Kier molecular flexibility index (Phi) is 12.0. The highest BCUT2D eigenvalue weighted by Gasteiger charge is 2.26. The molecule has 8 heteroatoms. The van der Waals surface area contributed by atoms with Crippen LogP contribution in [-0.2, 0) is 12.8 Å². The van der Waals surface area contributed by atoms with Crippen LogP contribution in [0.5, 0.6) is 0 Å². The van der Waals surface area contributed by atoms with E-state index < -0.39 is 29.7 Å². The third kappa shape index (κ3) is 8.96. The summed E-state index contributed by atoms with van der Waals surface area (Å²) >= 11 is 0. The van der Waals surface area contributed by atoms with Gasteiger partial charge in [0, 0.05) is 42.9 Å². The molecular formula is C36H45F2N3O3. The van der Waals surface area contributed by atoms with Gasteiger partial charge in [0.2, 0.25) is 0 Å². The number of nitrogens with one attached hydrogen (secondary N) is 2. The van der Waals surface area contributed by atoms with E-state index in [2.05, 4.69) is 22.8 Å². The predicted molar refractivity (Wildman–Crippen MR) is 170 cm³/mol. The molecule has 2 amide bonds. The SMILES string of the molecule is CCCN(CCC)C(=O)c1cc(C)cc(C(=O)N[C@@H](Cc2cc(F)cc(F)c2)[C@H](O)CNC2CCCCc3ccccc32)c1. The molecule has 4 rings (SSSR count). The lowest BCUT2D eigenvalue weighted by Gasteiger charge is -2.28. The normalized spacial score (nSPS) is 16.0. The number of aliphatic hydroxyl groups is 1. The number of carbonyl (C=O) groups excluding carboxylic acids is 2. The molecular weight excluding hydrogens is 560 g/mol. The quantitative estimate of drug-likeness (QED) is 0.200. The summed E-state index contributed by atoms with van der Waals surface area (Å²) in [6.07, 6.45) is 4.68. The van der Waals surface area contributed by atoms with Crippen LogP contribution in [0.2, 0.25) is 0 Å². The molecule has 0 fully saturated rings. The minimum Gasteiger partial charge on any atom is -0.390 e. The molecule has 1 unspecified atom stereocenters. The molecule has 0 saturated carbocycles. The maximum absolute atomic E-state index is 14.1. The van der Waals surface area contributed by atoms with Crippen LogP contribution < -0.4 is 10.6 Å². The molecule has 236 valence electrons.